The molecular formula is C12H15BrFNO2. The summed E-state index contributed by atoms with van der Waals surface area (Å²) in [6, 6.07) is 1.18. The Bertz CT molecular complexity index is 445. The Balaban J connectivity index is 2.62. The molecule has 0 aromatic heterocycles. The average molecular weight is 304 g/mol. The highest BCUT2D eigenvalue weighted by atomic mass is 79.9. The predicted molar refractivity (Wildman–Crippen MR) is 66.9 cm³/mol. The van der Waals surface area contributed by atoms with Crippen molar-refractivity contribution >= 4 is 15.9 Å². The number of halogens is 2. The molecule has 1 atom stereocenters. The van der Waals surface area contributed by atoms with Gasteiger partial charge < -0.3 is 15.2 Å². The molecule has 0 amide bonds. The van der Waals surface area contributed by atoms with Gasteiger partial charge in [0.1, 0.15) is 5.82 Å². The first-order chi connectivity index (χ1) is 7.99. The Labute approximate surface area is 108 Å². The second-order valence-corrected chi connectivity index (χ2v) is 5.25. The average Bonchev–Trinajstić information content (AvgIpc) is 2.71. The lowest BCUT2D eigenvalue weighted by atomic mass is 9.89. The molecule has 1 aromatic carbocycles. The Morgan fingerprint density at radius 1 is 1.59 bits per heavy atom. The Kier molecular flexibility index (Phi) is 3.32. The molecule has 3 nitrogen and oxygen atoms in total. The van der Waals surface area contributed by atoms with E-state index in [2.05, 4.69) is 21.2 Å². The smallest absolute Gasteiger partial charge is 0.164 e. The van der Waals surface area contributed by atoms with Crippen molar-refractivity contribution in [2.75, 3.05) is 13.7 Å². The summed E-state index contributed by atoms with van der Waals surface area (Å²) < 4.78 is 19.1. The highest BCUT2D eigenvalue weighted by molar-refractivity contribution is 9.10. The summed E-state index contributed by atoms with van der Waals surface area (Å²) in [5.41, 5.74) is 0.116. The van der Waals surface area contributed by atoms with Gasteiger partial charge in [-0.2, -0.15) is 0 Å². The summed E-state index contributed by atoms with van der Waals surface area (Å²) in [5.74, 6) is -0.266. The zero-order valence-corrected chi connectivity index (χ0v) is 11.4. The van der Waals surface area contributed by atoms with Gasteiger partial charge in [0.05, 0.1) is 11.6 Å². The van der Waals surface area contributed by atoms with Crippen LogP contribution in [0.4, 0.5) is 4.39 Å². The van der Waals surface area contributed by atoms with Gasteiger partial charge in [-0.15, -0.1) is 0 Å². The van der Waals surface area contributed by atoms with Gasteiger partial charge in [0.15, 0.2) is 11.5 Å². The molecule has 1 unspecified atom stereocenters. The van der Waals surface area contributed by atoms with Crippen LogP contribution in [0.5, 0.6) is 11.5 Å². The third-order valence-electron chi connectivity index (χ3n) is 3.30. The highest BCUT2D eigenvalue weighted by Gasteiger charge is 2.36. The van der Waals surface area contributed by atoms with Gasteiger partial charge in [0, 0.05) is 17.2 Å². The van der Waals surface area contributed by atoms with Gasteiger partial charge in [0.25, 0.3) is 0 Å². The summed E-state index contributed by atoms with van der Waals surface area (Å²) in [4.78, 5) is 0. The van der Waals surface area contributed by atoms with Crippen molar-refractivity contribution in [2.45, 2.75) is 25.3 Å². The number of ether oxygens (including phenoxy) is 1. The molecule has 1 fully saturated rings. The molecule has 0 radical (unpaired) electrons. The fourth-order valence-electron chi connectivity index (χ4n) is 2.36. The molecule has 0 bridgehead atoms. The van der Waals surface area contributed by atoms with E-state index in [0.29, 0.717) is 10.0 Å². The number of hydrogen-bond donors (Lipinski definition) is 2. The van der Waals surface area contributed by atoms with Crippen LogP contribution in [0.2, 0.25) is 0 Å². The zero-order chi connectivity index (χ0) is 12.6. The number of phenolic OH excluding ortho intramolecular Hbond substituents is 1. The minimum atomic E-state index is -0.426. The van der Waals surface area contributed by atoms with Gasteiger partial charge in [0.2, 0.25) is 0 Å². The molecular weight excluding hydrogens is 289 g/mol. The lowest BCUT2D eigenvalue weighted by Crippen LogP contribution is -2.33. The molecule has 0 saturated carbocycles. The lowest BCUT2D eigenvalue weighted by molar-refractivity contribution is 0.345. The van der Waals surface area contributed by atoms with Crippen LogP contribution in [0, 0.1) is 5.82 Å². The van der Waals surface area contributed by atoms with E-state index in [9.17, 15) is 9.50 Å². The van der Waals surface area contributed by atoms with Crippen LogP contribution in [0.15, 0.2) is 10.5 Å². The molecule has 17 heavy (non-hydrogen) atoms. The topological polar surface area (TPSA) is 41.5 Å². The predicted octanol–water partition coefficient (Wildman–Crippen LogP) is 2.90. The standard InChI is InChI=1S/C12H15BrFNO2/c1-12(4-3-5-15-12)9-10(13)7(14)6-8(17-2)11(9)16/h6,15-16H,3-5H2,1-2H3. The highest BCUT2D eigenvalue weighted by Crippen LogP contribution is 2.45. The number of phenols is 1. The van der Waals surface area contributed by atoms with E-state index in [-0.39, 0.29) is 11.5 Å². The van der Waals surface area contributed by atoms with Gasteiger partial charge in [-0.25, -0.2) is 4.39 Å². The van der Waals surface area contributed by atoms with E-state index in [1.807, 2.05) is 6.92 Å². The second-order valence-electron chi connectivity index (χ2n) is 4.46. The van der Waals surface area contributed by atoms with Crippen LogP contribution >= 0.6 is 15.9 Å². The third-order valence-corrected chi connectivity index (χ3v) is 4.07. The number of hydrogen-bond acceptors (Lipinski definition) is 3. The van der Waals surface area contributed by atoms with E-state index in [1.165, 1.54) is 13.2 Å². The van der Waals surface area contributed by atoms with Crippen molar-refractivity contribution in [2.24, 2.45) is 0 Å². The van der Waals surface area contributed by atoms with E-state index < -0.39 is 11.4 Å². The van der Waals surface area contributed by atoms with E-state index >= 15 is 0 Å². The van der Waals surface area contributed by atoms with Crippen molar-refractivity contribution in [3.63, 3.8) is 0 Å². The largest absolute Gasteiger partial charge is 0.504 e. The molecule has 1 saturated heterocycles. The summed E-state index contributed by atoms with van der Waals surface area (Å²) in [5, 5.41) is 13.5. The molecule has 1 heterocycles. The molecule has 5 heteroatoms. The third kappa shape index (κ3) is 2.02. The van der Waals surface area contributed by atoms with Crippen molar-refractivity contribution < 1.29 is 14.2 Å². The quantitative estimate of drug-likeness (QED) is 0.883. The molecule has 94 valence electrons. The van der Waals surface area contributed by atoms with Crippen LogP contribution in [-0.4, -0.2) is 18.8 Å². The monoisotopic (exact) mass is 303 g/mol. The number of nitrogens with one attached hydrogen (secondary N) is 1. The van der Waals surface area contributed by atoms with E-state index in [4.69, 9.17) is 4.74 Å². The zero-order valence-electron chi connectivity index (χ0n) is 9.81. The number of rotatable bonds is 2. The summed E-state index contributed by atoms with van der Waals surface area (Å²) in [7, 11) is 1.41. The number of benzene rings is 1. The van der Waals surface area contributed by atoms with Crippen molar-refractivity contribution in [3.8, 4) is 11.5 Å². The molecule has 2 N–H and O–H groups in total. The first kappa shape index (κ1) is 12.6. The van der Waals surface area contributed by atoms with Crippen LogP contribution in [0.25, 0.3) is 0 Å². The lowest BCUT2D eigenvalue weighted by Gasteiger charge is -2.28. The van der Waals surface area contributed by atoms with Crippen molar-refractivity contribution in [1.29, 1.82) is 0 Å². The van der Waals surface area contributed by atoms with Gasteiger partial charge in [-0.05, 0) is 42.2 Å². The maximum Gasteiger partial charge on any atom is 0.164 e. The van der Waals surface area contributed by atoms with Gasteiger partial charge >= 0.3 is 0 Å². The molecule has 1 aliphatic heterocycles. The van der Waals surface area contributed by atoms with Crippen LogP contribution in [-0.2, 0) is 5.54 Å². The first-order valence-electron chi connectivity index (χ1n) is 5.50. The van der Waals surface area contributed by atoms with Gasteiger partial charge in [-0.3, -0.25) is 0 Å². The fraction of sp³-hybridized carbons (Fsp3) is 0.500. The van der Waals surface area contributed by atoms with Crippen LogP contribution < -0.4 is 10.1 Å². The minimum Gasteiger partial charge on any atom is -0.504 e. The molecule has 1 aromatic rings. The fourth-order valence-corrected chi connectivity index (χ4v) is 3.10. The van der Waals surface area contributed by atoms with Crippen molar-refractivity contribution in [3.05, 3.63) is 21.9 Å². The molecule has 2 rings (SSSR count). The van der Waals surface area contributed by atoms with Crippen LogP contribution in [0.1, 0.15) is 25.3 Å². The Hall–Kier alpha value is -0.810. The second kappa shape index (κ2) is 4.46. The van der Waals surface area contributed by atoms with Gasteiger partial charge in [-0.1, -0.05) is 0 Å². The molecule has 0 aliphatic carbocycles. The number of methoxy groups -OCH3 is 1. The normalized spacial score (nSPS) is 24.0. The summed E-state index contributed by atoms with van der Waals surface area (Å²) in [6.07, 6.45) is 1.85. The number of aromatic hydroxyl groups is 1. The maximum atomic E-state index is 13.8. The summed E-state index contributed by atoms with van der Waals surface area (Å²) in [6.45, 7) is 2.82. The van der Waals surface area contributed by atoms with E-state index in [0.717, 1.165) is 19.4 Å². The summed E-state index contributed by atoms with van der Waals surface area (Å²) >= 11 is 3.21. The first-order valence-corrected chi connectivity index (χ1v) is 6.29. The van der Waals surface area contributed by atoms with E-state index in [1.54, 1.807) is 0 Å². The Morgan fingerprint density at radius 2 is 2.29 bits per heavy atom. The maximum absolute atomic E-state index is 13.8. The van der Waals surface area contributed by atoms with Crippen molar-refractivity contribution in [1.82, 2.24) is 5.32 Å². The molecule has 1 aliphatic rings. The van der Waals surface area contributed by atoms with Crippen LogP contribution in [0.3, 0.4) is 0 Å². The Morgan fingerprint density at radius 3 is 2.82 bits per heavy atom. The SMILES string of the molecule is COc1cc(F)c(Br)c(C2(C)CCCN2)c1O. The molecule has 0 spiro atoms. The minimum absolute atomic E-state index is 0.00215.